The third kappa shape index (κ3) is 4.71. The van der Waals surface area contributed by atoms with Crippen LogP contribution in [0, 0.1) is 6.92 Å². The van der Waals surface area contributed by atoms with Crippen LogP contribution in [0.3, 0.4) is 0 Å². The number of ether oxygens (including phenoxy) is 1. The first kappa shape index (κ1) is 18.3. The SMILES string of the molecule is CCc1nc(CNC(=NC)NC(C)c2cc(C)ccc2OC)cs1. The van der Waals surface area contributed by atoms with Crippen molar-refractivity contribution in [2.45, 2.75) is 39.8 Å². The summed E-state index contributed by atoms with van der Waals surface area (Å²) in [7, 11) is 3.47. The van der Waals surface area contributed by atoms with Crippen LogP contribution in [0.4, 0.5) is 0 Å². The van der Waals surface area contributed by atoms with Gasteiger partial charge in [0.2, 0.25) is 0 Å². The number of guanidine groups is 1. The highest BCUT2D eigenvalue weighted by Gasteiger charge is 2.13. The molecule has 0 radical (unpaired) electrons. The van der Waals surface area contributed by atoms with Crippen LogP contribution < -0.4 is 15.4 Å². The summed E-state index contributed by atoms with van der Waals surface area (Å²) in [6.07, 6.45) is 0.974. The van der Waals surface area contributed by atoms with Crippen molar-refractivity contribution in [3.05, 3.63) is 45.4 Å². The highest BCUT2D eigenvalue weighted by molar-refractivity contribution is 7.09. The fourth-order valence-electron chi connectivity index (χ4n) is 2.44. The molecule has 2 N–H and O–H groups in total. The highest BCUT2D eigenvalue weighted by Crippen LogP contribution is 2.25. The summed E-state index contributed by atoms with van der Waals surface area (Å²) in [5.74, 6) is 1.63. The van der Waals surface area contributed by atoms with Crippen molar-refractivity contribution in [3.63, 3.8) is 0 Å². The second-order valence-corrected chi connectivity index (χ2v) is 6.57. The van der Waals surface area contributed by atoms with Crippen LogP contribution in [-0.2, 0) is 13.0 Å². The van der Waals surface area contributed by atoms with Gasteiger partial charge in [-0.15, -0.1) is 11.3 Å². The number of thiazole rings is 1. The van der Waals surface area contributed by atoms with Crippen LogP contribution in [0.25, 0.3) is 0 Å². The molecule has 1 atom stereocenters. The minimum atomic E-state index is 0.0766. The third-order valence-corrected chi connectivity index (χ3v) is 4.81. The van der Waals surface area contributed by atoms with Gasteiger partial charge in [-0.1, -0.05) is 24.6 Å². The lowest BCUT2D eigenvalue weighted by Gasteiger charge is -2.20. The van der Waals surface area contributed by atoms with Gasteiger partial charge in [0.15, 0.2) is 5.96 Å². The molecule has 0 saturated carbocycles. The maximum atomic E-state index is 5.47. The van der Waals surface area contributed by atoms with E-state index in [9.17, 15) is 0 Å². The minimum absolute atomic E-state index is 0.0766. The number of methoxy groups -OCH3 is 1. The summed E-state index contributed by atoms with van der Waals surface area (Å²) < 4.78 is 5.47. The fraction of sp³-hybridized carbons (Fsp3) is 0.444. The van der Waals surface area contributed by atoms with Crippen LogP contribution >= 0.6 is 11.3 Å². The fourth-order valence-corrected chi connectivity index (χ4v) is 3.18. The molecule has 6 heteroatoms. The molecule has 1 unspecified atom stereocenters. The first-order valence-corrected chi connectivity index (χ1v) is 9.00. The molecule has 1 aromatic heterocycles. The number of hydrogen-bond donors (Lipinski definition) is 2. The number of nitrogens with zero attached hydrogens (tertiary/aromatic N) is 2. The largest absolute Gasteiger partial charge is 0.496 e. The van der Waals surface area contributed by atoms with E-state index in [1.165, 1.54) is 5.56 Å². The van der Waals surface area contributed by atoms with Gasteiger partial charge in [-0.05, 0) is 26.3 Å². The Kier molecular flexibility index (Phi) is 6.61. The average molecular weight is 347 g/mol. The van der Waals surface area contributed by atoms with Gasteiger partial charge >= 0.3 is 0 Å². The summed E-state index contributed by atoms with van der Waals surface area (Å²) >= 11 is 1.70. The van der Waals surface area contributed by atoms with Crippen molar-refractivity contribution in [3.8, 4) is 5.75 Å². The van der Waals surface area contributed by atoms with E-state index in [1.807, 2.05) is 6.07 Å². The normalized spacial score (nSPS) is 12.8. The molecule has 2 aromatic rings. The molecule has 5 nitrogen and oxygen atoms in total. The van der Waals surface area contributed by atoms with Crippen LogP contribution in [0.1, 0.15) is 41.7 Å². The Morgan fingerprint density at radius 1 is 1.42 bits per heavy atom. The summed E-state index contributed by atoms with van der Waals surface area (Å²) in [5.41, 5.74) is 3.36. The zero-order valence-corrected chi connectivity index (χ0v) is 15.8. The molecule has 0 amide bonds. The zero-order chi connectivity index (χ0) is 17.5. The number of hydrogen-bond acceptors (Lipinski definition) is 4. The molecule has 24 heavy (non-hydrogen) atoms. The molecule has 0 bridgehead atoms. The topological polar surface area (TPSA) is 58.5 Å². The lowest BCUT2D eigenvalue weighted by Crippen LogP contribution is -2.38. The van der Waals surface area contributed by atoms with E-state index in [1.54, 1.807) is 25.5 Å². The van der Waals surface area contributed by atoms with Crippen molar-refractivity contribution in [1.29, 1.82) is 0 Å². The zero-order valence-electron chi connectivity index (χ0n) is 15.0. The van der Waals surface area contributed by atoms with E-state index < -0.39 is 0 Å². The van der Waals surface area contributed by atoms with Crippen molar-refractivity contribution in [2.75, 3.05) is 14.2 Å². The van der Waals surface area contributed by atoms with Crippen molar-refractivity contribution in [1.82, 2.24) is 15.6 Å². The predicted octanol–water partition coefficient (Wildman–Crippen LogP) is 3.45. The Hall–Kier alpha value is -2.08. The van der Waals surface area contributed by atoms with Gasteiger partial charge in [-0.2, -0.15) is 0 Å². The van der Waals surface area contributed by atoms with Crippen LogP contribution in [-0.4, -0.2) is 25.1 Å². The molecule has 0 fully saturated rings. The maximum Gasteiger partial charge on any atom is 0.191 e. The molecular formula is C18H26N4OS. The first-order chi connectivity index (χ1) is 11.6. The summed E-state index contributed by atoms with van der Waals surface area (Å²) in [5, 5.41) is 9.98. The third-order valence-electron chi connectivity index (χ3n) is 3.77. The van der Waals surface area contributed by atoms with Crippen LogP contribution in [0.2, 0.25) is 0 Å². The molecule has 1 aromatic carbocycles. The highest BCUT2D eigenvalue weighted by atomic mass is 32.1. The number of aromatic nitrogens is 1. The number of aryl methyl sites for hydroxylation is 2. The Morgan fingerprint density at radius 2 is 2.21 bits per heavy atom. The van der Waals surface area contributed by atoms with Gasteiger partial charge in [0.05, 0.1) is 30.4 Å². The molecule has 0 spiro atoms. The number of nitrogens with one attached hydrogen (secondary N) is 2. The second-order valence-electron chi connectivity index (χ2n) is 5.62. The monoisotopic (exact) mass is 346 g/mol. The first-order valence-electron chi connectivity index (χ1n) is 8.12. The van der Waals surface area contributed by atoms with E-state index in [-0.39, 0.29) is 6.04 Å². The van der Waals surface area contributed by atoms with E-state index >= 15 is 0 Å². The lowest BCUT2D eigenvalue weighted by atomic mass is 10.0. The quantitative estimate of drug-likeness (QED) is 0.621. The summed E-state index contributed by atoms with van der Waals surface area (Å²) in [4.78, 5) is 8.87. The Bertz CT molecular complexity index is 696. The molecule has 1 heterocycles. The van der Waals surface area contributed by atoms with Crippen LogP contribution in [0.15, 0.2) is 28.6 Å². The standard InChI is InChI=1S/C18H26N4OS/c1-6-17-22-14(11-24-17)10-20-18(19-4)21-13(3)15-9-12(2)7-8-16(15)23-5/h7-9,11,13H,6,10H2,1-5H3,(H2,19,20,21). The van der Waals surface area contributed by atoms with Gasteiger partial charge in [0, 0.05) is 18.0 Å². The van der Waals surface area contributed by atoms with Gasteiger partial charge in [0.1, 0.15) is 5.75 Å². The molecule has 130 valence electrons. The second kappa shape index (κ2) is 8.68. The lowest BCUT2D eigenvalue weighted by molar-refractivity contribution is 0.405. The Labute approximate surface area is 148 Å². The van der Waals surface area contributed by atoms with E-state index in [4.69, 9.17) is 4.74 Å². The molecular weight excluding hydrogens is 320 g/mol. The number of aliphatic imine (C=N–C) groups is 1. The molecule has 2 rings (SSSR count). The maximum absolute atomic E-state index is 5.47. The molecule has 0 saturated heterocycles. The average Bonchev–Trinajstić information content (AvgIpc) is 3.06. The van der Waals surface area contributed by atoms with E-state index in [2.05, 4.69) is 58.9 Å². The van der Waals surface area contributed by atoms with Gasteiger partial charge in [-0.3, -0.25) is 4.99 Å². The van der Waals surface area contributed by atoms with E-state index in [0.29, 0.717) is 6.54 Å². The Balaban J connectivity index is 2.00. The van der Waals surface area contributed by atoms with Crippen LogP contribution in [0.5, 0.6) is 5.75 Å². The van der Waals surface area contributed by atoms with Crippen molar-refractivity contribution >= 4 is 17.3 Å². The van der Waals surface area contributed by atoms with Gasteiger partial charge in [-0.25, -0.2) is 4.98 Å². The summed E-state index contributed by atoms with van der Waals surface area (Å²) in [6.45, 7) is 6.96. The number of benzene rings is 1. The number of rotatable bonds is 6. The summed E-state index contributed by atoms with van der Waals surface area (Å²) in [6, 6.07) is 6.27. The molecule has 0 aliphatic heterocycles. The van der Waals surface area contributed by atoms with Gasteiger partial charge < -0.3 is 15.4 Å². The minimum Gasteiger partial charge on any atom is -0.496 e. The van der Waals surface area contributed by atoms with Crippen molar-refractivity contribution in [2.24, 2.45) is 4.99 Å². The molecule has 0 aliphatic carbocycles. The smallest absolute Gasteiger partial charge is 0.191 e. The molecule has 0 aliphatic rings. The van der Waals surface area contributed by atoms with E-state index in [0.717, 1.165) is 34.4 Å². The van der Waals surface area contributed by atoms with Gasteiger partial charge in [0.25, 0.3) is 0 Å². The predicted molar refractivity (Wildman–Crippen MR) is 101 cm³/mol. The van der Waals surface area contributed by atoms with Crippen molar-refractivity contribution < 1.29 is 4.74 Å². The Morgan fingerprint density at radius 3 is 2.83 bits per heavy atom.